The van der Waals surface area contributed by atoms with Crippen molar-refractivity contribution in [2.24, 2.45) is 0 Å². The molecule has 1 N–H and O–H groups in total. The Labute approximate surface area is 265 Å². The van der Waals surface area contributed by atoms with Crippen molar-refractivity contribution in [2.75, 3.05) is 11.9 Å². The monoisotopic (exact) mass is 710 g/mol. The van der Waals surface area contributed by atoms with Crippen LogP contribution in [0.25, 0.3) is 0 Å². The van der Waals surface area contributed by atoms with Gasteiger partial charge in [-0.3, -0.25) is 0 Å². The molecule has 1 unspecified atom stereocenters. The average Bonchev–Trinajstić information content (AvgIpc) is 2.98. The van der Waals surface area contributed by atoms with Crippen LogP contribution in [0.5, 0.6) is 5.75 Å². The fraction of sp³-hybridized carbons (Fsp3) is 0.457. The Bertz CT molecular complexity index is 1220. The van der Waals surface area contributed by atoms with Crippen molar-refractivity contribution < 1.29 is 48.6 Å². The first-order chi connectivity index (χ1) is 20.7. The summed E-state index contributed by atoms with van der Waals surface area (Å²) in [6, 6.07) is 21.1. The number of alkyl halides is 3. The summed E-state index contributed by atoms with van der Waals surface area (Å²) in [6.07, 6.45) is 6.73. The number of ether oxygens (including phenoxy) is 2. The van der Waals surface area contributed by atoms with Gasteiger partial charge in [0, 0.05) is 0 Å². The van der Waals surface area contributed by atoms with Crippen LogP contribution in [0.3, 0.4) is 0 Å². The third-order valence-electron chi connectivity index (χ3n) is 7.07. The van der Waals surface area contributed by atoms with E-state index in [0.717, 1.165) is 31.4 Å². The topological polar surface area (TPSA) is 47.6 Å². The predicted octanol–water partition coefficient (Wildman–Crippen LogP) is 7.45. The molecule has 0 fully saturated rings. The standard InChI is InChI=1S/C35H44F3INO3/c1-3-4-5-6-7-8-9-10-11-12-16-33(43-34(41)40-31-15-13-14-28(25-31)35(36,37)38)26-42-32-23-21-30(22-24-32)39-29-19-17-27(2)18-20-29/h13-15,17-25,33H,3-12,16,26H2,1-2H3,(H,40,41)/q-1. The molecule has 3 rings (SSSR count). The van der Waals surface area contributed by atoms with E-state index in [1.165, 1.54) is 69.8 Å². The number of unbranched alkanes of at least 4 members (excludes halogenated alkanes) is 9. The van der Waals surface area contributed by atoms with E-state index < -0.39 is 23.9 Å². The molecule has 0 saturated heterocycles. The number of nitrogens with one attached hydrogen (secondary N) is 1. The van der Waals surface area contributed by atoms with E-state index in [1.54, 1.807) is 0 Å². The van der Waals surface area contributed by atoms with Crippen molar-refractivity contribution in [3.63, 3.8) is 0 Å². The molecule has 3 aromatic carbocycles. The fourth-order valence-corrected chi connectivity index (χ4v) is 6.77. The minimum absolute atomic E-state index is 0.0332. The Kier molecular flexibility index (Phi) is 15.2. The van der Waals surface area contributed by atoms with Crippen LogP contribution in [0.2, 0.25) is 0 Å². The van der Waals surface area contributed by atoms with Gasteiger partial charge in [-0.25, -0.2) is 0 Å². The van der Waals surface area contributed by atoms with E-state index in [1.807, 2.05) is 12.1 Å². The maximum atomic E-state index is 13.1. The number of hydrogen-bond donors (Lipinski definition) is 1. The number of rotatable bonds is 18. The molecule has 4 nitrogen and oxygen atoms in total. The predicted molar refractivity (Wildman–Crippen MR) is 162 cm³/mol. The molecule has 1 atom stereocenters. The van der Waals surface area contributed by atoms with Gasteiger partial charge >= 0.3 is 190 Å². The van der Waals surface area contributed by atoms with Crippen LogP contribution >= 0.6 is 0 Å². The second-order valence-corrected chi connectivity index (χ2v) is 13.9. The molecule has 0 aliphatic heterocycles. The molecule has 0 aromatic heterocycles. The summed E-state index contributed by atoms with van der Waals surface area (Å²) in [7, 11) is 0. The number of hydrogen-bond acceptors (Lipinski definition) is 3. The normalized spacial score (nSPS) is 12.2. The van der Waals surface area contributed by atoms with E-state index in [4.69, 9.17) is 9.47 Å². The van der Waals surface area contributed by atoms with Gasteiger partial charge in [-0.15, -0.1) is 0 Å². The van der Waals surface area contributed by atoms with Crippen LogP contribution in [0.1, 0.15) is 88.7 Å². The first kappa shape index (κ1) is 34.7. The van der Waals surface area contributed by atoms with Crippen LogP contribution in [-0.4, -0.2) is 18.8 Å². The Hall–Kier alpha value is -2.75. The second kappa shape index (κ2) is 18.8. The van der Waals surface area contributed by atoms with Gasteiger partial charge in [0.15, 0.2) is 0 Å². The van der Waals surface area contributed by atoms with Crippen LogP contribution < -0.4 is 31.3 Å². The molecule has 0 spiro atoms. The summed E-state index contributed by atoms with van der Waals surface area (Å²) in [4.78, 5) is 12.7. The van der Waals surface area contributed by atoms with Gasteiger partial charge < -0.3 is 0 Å². The van der Waals surface area contributed by atoms with Gasteiger partial charge in [0.05, 0.1) is 5.56 Å². The van der Waals surface area contributed by atoms with Crippen molar-refractivity contribution in [3.05, 3.63) is 91.1 Å². The number of carbonyl (C=O) groups is 1. The van der Waals surface area contributed by atoms with Crippen molar-refractivity contribution in [3.8, 4) is 5.75 Å². The van der Waals surface area contributed by atoms with E-state index in [0.29, 0.717) is 12.2 Å². The fourth-order valence-electron chi connectivity index (χ4n) is 4.61. The molecule has 0 heterocycles. The average molecular weight is 711 g/mol. The van der Waals surface area contributed by atoms with Crippen LogP contribution in [0.4, 0.5) is 23.7 Å². The zero-order chi connectivity index (χ0) is 30.9. The van der Waals surface area contributed by atoms with Crippen LogP contribution in [-0.2, 0) is 10.9 Å². The van der Waals surface area contributed by atoms with E-state index in [2.05, 4.69) is 55.6 Å². The molecule has 0 aliphatic carbocycles. The van der Waals surface area contributed by atoms with Gasteiger partial charge in [0.25, 0.3) is 0 Å². The SMILES string of the molecule is CCCCCCCCCCCCC(COc1ccc([I-]c2ccc(C)cc2)cc1)OC(=O)Nc1cccc(C(F)(F)F)c1. The van der Waals surface area contributed by atoms with Gasteiger partial charge in [0.1, 0.15) is 0 Å². The summed E-state index contributed by atoms with van der Waals surface area (Å²) in [6.45, 7) is 4.47. The minimum atomic E-state index is -4.49. The summed E-state index contributed by atoms with van der Waals surface area (Å²) >= 11 is -0.290. The summed E-state index contributed by atoms with van der Waals surface area (Å²) in [5.74, 6) is 0.687. The first-order valence-corrected chi connectivity index (χ1v) is 17.5. The van der Waals surface area contributed by atoms with Crippen LogP contribution in [0.15, 0.2) is 72.8 Å². The van der Waals surface area contributed by atoms with E-state index in [-0.39, 0.29) is 33.5 Å². The third-order valence-corrected chi connectivity index (χ3v) is 9.75. The summed E-state index contributed by atoms with van der Waals surface area (Å²) in [5, 5.41) is 2.44. The molecule has 0 bridgehead atoms. The number of anilines is 1. The van der Waals surface area contributed by atoms with Crippen molar-refractivity contribution >= 4 is 11.8 Å². The molecule has 43 heavy (non-hydrogen) atoms. The molecule has 3 aromatic rings. The van der Waals surface area contributed by atoms with E-state index >= 15 is 0 Å². The van der Waals surface area contributed by atoms with Gasteiger partial charge in [-0.1, -0.05) is 51.5 Å². The summed E-state index contributed by atoms with van der Waals surface area (Å²) < 4.78 is 53.5. The number of aryl methyl sites for hydroxylation is 1. The molecule has 0 aliphatic rings. The molecule has 236 valence electrons. The molecule has 0 saturated carbocycles. The number of amides is 1. The molecular weight excluding hydrogens is 666 g/mol. The van der Waals surface area contributed by atoms with E-state index in [9.17, 15) is 18.0 Å². The first-order valence-electron chi connectivity index (χ1n) is 15.3. The molecular formula is C35H44F3INO3-. The maximum absolute atomic E-state index is 13.1. The van der Waals surface area contributed by atoms with Gasteiger partial charge in [-0.05, 0) is 6.07 Å². The van der Waals surface area contributed by atoms with Crippen molar-refractivity contribution in [1.82, 2.24) is 0 Å². The Morgan fingerprint density at radius 2 is 1.40 bits per heavy atom. The van der Waals surface area contributed by atoms with Gasteiger partial charge in [-0.2, -0.15) is 13.2 Å². The van der Waals surface area contributed by atoms with Crippen molar-refractivity contribution in [1.29, 1.82) is 0 Å². The number of benzene rings is 3. The van der Waals surface area contributed by atoms with Gasteiger partial charge in [0.2, 0.25) is 0 Å². The minimum Gasteiger partial charge on any atom is -0.166 e. The quantitative estimate of drug-likeness (QED) is 0.110. The molecule has 8 heteroatoms. The Morgan fingerprint density at radius 1 is 0.814 bits per heavy atom. The smallest absolute Gasteiger partial charge is 0.166 e. The zero-order valence-corrected chi connectivity index (χ0v) is 27.4. The Balaban J connectivity index is 1.51. The number of halogens is 4. The van der Waals surface area contributed by atoms with Crippen LogP contribution in [0, 0.1) is 14.1 Å². The Morgan fingerprint density at radius 3 is 2.00 bits per heavy atom. The molecule has 1 amide bonds. The second-order valence-electron chi connectivity index (χ2n) is 10.9. The summed E-state index contributed by atoms with van der Waals surface area (Å²) in [5.41, 5.74) is 0.448. The molecule has 0 radical (unpaired) electrons. The number of carbonyl (C=O) groups excluding carboxylic acids is 1. The zero-order valence-electron chi connectivity index (χ0n) is 25.2. The third kappa shape index (κ3) is 14.1. The van der Waals surface area contributed by atoms with Crippen molar-refractivity contribution in [2.45, 2.75) is 96.8 Å².